The maximum atomic E-state index is 11.8. The first-order chi connectivity index (χ1) is 10.4. The minimum atomic E-state index is -3.47. The van der Waals surface area contributed by atoms with Crippen LogP contribution in [-0.2, 0) is 9.84 Å². The lowest BCUT2D eigenvalue weighted by atomic mass is 10.3. The molecule has 0 aromatic heterocycles. The quantitative estimate of drug-likeness (QED) is 0.889. The molecule has 5 nitrogen and oxygen atoms in total. The highest BCUT2D eigenvalue weighted by atomic mass is 35.5. The molecule has 2 N–H and O–H groups in total. The zero-order chi connectivity index (χ0) is 16.2. The minimum Gasteiger partial charge on any atom is -0.308 e. The third-order valence-electron chi connectivity index (χ3n) is 2.76. The van der Waals surface area contributed by atoms with Crippen molar-refractivity contribution in [2.45, 2.75) is 4.90 Å². The third-order valence-corrected chi connectivity index (χ3v) is 4.38. The third kappa shape index (κ3) is 4.09. The molecule has 0 heterocycles. The molecule has 0 saturated heterocycles. The zero-order valence-electron chi connectivity index (χ0n) is 11.4. The van der Waals surface area contributed by atoms with Gasteiger partial charge in [-0.15, -0.1) is 0 Å². The van der Waals surface area contributed by atoms with Crippen molar-refractivity contribution in [3.63, 3.8) is 0 Å². The van der Waals surface area contributed by atoms with Gasteiger partial charge in [0.2, 0.25) is 0 Å². The Morgan fingerprint density at radius 2 is 1.41 bits per heavy atom. The lowest BCUT2D eigenvalue weighted by Gasteiger charge is -2.08. The molecule has 0 radical (unpaired) electrons. The molecular weight excluding hydrogens is 324 g/mol. The maximum Gasteiger partial charge on any atom is 0.323 e. The van der Waals surface area contributed by atoms with Crippen molar-refractivity contribution in [1.29, 1.82) is 0 Å². The van der Waals surface area contributed by atoms with E-state index in [0.717, 1.165) is 5.41 Å². The van der Waals surface area contributed by atoms with Crippen molar-refractivity contribution in [3.8, 4) is 0 Å². The van der Waals surface area contributed by atoms with Gasteiger partial charge in [0.15, 0.2) is 9.84 Å². The molecule has 0 spiro atoms. The number of amides is 2. The molecule has 7 heteroatoms. The number of sulfone groups is 1. The number of rotatable bonds is 4. The van der Waals surface area contributed by atoms with Crippen LogP contribution in [-0.4, -0.2) is 14.4 Å². The average molecular weight is 337 g/mol. The zero-order valence-corrected chi connectivity index (χ0v) is 13.0. The van der Waals surface area contributed by atoms with Gasteiger partial charge in [-0.1, -0.05) is 18.2 Å². The van der Waals surface area contributed by atoms with Gasteiger partial charge in [0.1, 0.15) is 0 Å². The summed E-state index contributed by atoms with van der Waals surface area (Å²) >= 11 is 5.76. The Kier molecular flexibility index (Phi) is 4.85. The first kappa shape index (κ1) is 16.1. The van der Waals surface area contributed by atoms with Crippen LogP contribution in [0.25, 0.3) is 0 Å². The number of halogens is 1. The lowest BCUT2D eigenvalue weighted by molar-refractivity contribution is 0.262. The van der Waals surface area contributed by atoms with Gasteiger partial charge < -0.3 is 10.6 Å². The summed E-state index contributed by atoms with van der Waals surface area (Å²) in [6, 6.07) is 12.0. The Morgan fingerprint density at radius 3 is 1.86 bits per heavy atom. The van der Waals surface area contributed by atoms with E-state index < -0.39 is 15.9 Å². The van der Waals surface area contributed by atoms with Gasteiger partial charge in [0.25, 0.3) is 0 Å². The number of nitrogens with one attached hydrogen (secondary N) is 2. The molecule has 2 aromatic carbocycles. The Hall–Kier alpha value is -2.31. The molecule has 2 aromatic rings. The van der Waals surface area contributed by atoms with Gasteiger partial charge in [-0.05, 0) is 48.5 Å². The van der Waals surface area contributed by atoms with E-state index in [4.69, 9.17) is 11.6 Å². The first-order valence-corrected chi connectivity index (χ1v) is 8.14. The summed E-state index contributed by atoms with van der Waals surface area (Å²) < 4.78 is 23.1. The van der Waals surface area contributed by atoms with E-state index in [1.807, 2.05) is 0 Å². The normalized spacial score (nSPS) is 10.8. The molecule has 0 unspecified atom stereocenters. The van der Waals surface area contributed by atoms with Crippen molar-refractivity contribution in [2.24, 2.45) is 0 Å². The molecule has 0 saturated carbocycles. The average Bonchev–Trinajstić information content (AvgIpc) is 2.50. The highest BCUT2D eigenvalue weighted by Crippen LogP contribution is 2.17. The monoisotopic (exact) mass is 336 g/mol. The number of hydrogen-bond donors (Lipinski definition) is 2. The second-order valence-corrected chi connectivity index (χ2v) is 6.65. The fourth-order valence-corrected chi connectivity index (χ4v) is 2.48. The second-order valence-electron chi connectivity index (χ2n) is 4.32. The van der Waals surface area contributed by atoms with Gasteiger partial charge >= 0.3 is 6.03 Å². The van der Waals surface area contributed by atoms with Crippen LogP contribution in [0.3, 0.4) is 0 Å². The van der Waals surface area contributed by atoms with Gasteiger partial charge in [-0.2, -0.15) is 0 Å². The van der Waals surface area contributed by atoms with Crippen molar-refractivity contribution >= 4 is 38.8 Å². The predicted molar refractivity (Wildman–Crippen MR) is 87.9 cm³/mol. The lowest BCUT2D eigenvalue weighted by Crippen LogP contribution is -2.19. The summed E-state index contributed by atoms with van der Waals surface area (Å²) in [7, 11) is -3.47. The smallest absolute Gasteiger partial charge is 0.308 e. The maximum absolute atomic E-state index is 11.8. The van der Waals surface area contributed by atoms with Crippen molar-refractivity contribution in [2.75, 3.05) is 10.6 Å². The van der Waals surface area contributed by atoms with E-state index in [1.54, 1.807) is 24.3 Å². The van der Waals surface area contributed by atoms with E-state index in [2.05, 4.69) is 17.2 Å². The number of anilines is 2. The summed E-state index contributed by atoms with van der Waals surface area (Å²) in [6.45, 7) is 3.26. The van der Waals surface area contributed by atoms with Crippen LogP contribution in [0.4, 0.5) is 16.2 Å². The molecule has 114 valence electrons. The van der Waals surface area contributed by atoms with Crippen LogP contribution >= 0.6 is 11.6 Å². The van der Waals surface area contributed by atoms with Crippen LogP contribution in [0.5, 0.6) is 0 Å². The molecule has 0 aliphatic heterocycles. The van der Waals surface area contributed by atoms with Gasteiger partial charge in [0.05, 0.1) is 4.90 Å². The van der Waals surface area contributed by atoms with Crippen LogP contribution in [0.1, 0.15) is 0 Å². The topological polar surface area (TPSA) is 75.3 Å². The Bertz CT molecular complexity index is 785. The van der Waals surface area contributed by atoms with Crippen LogP contribution in [0.15, 0.2) is 65.4 Å². The molecule has 2 amide bonds. The Morgan fingerprint density at radius 1 is 0.955 bits per heavy atom. The fraction of sp³-hybridized carbons (Fsp3) is 0. The molecular formula is C15H13ClN2O3S. The minimum absolute atomic E-state index is 0.117. The van der Waals surface area contributed by atoms with Crippen LogP contribution in [0.2, 0.25) is 5.02 Å². The van der Waals surface area contributed by atoms with E-state index in [-0.39, 0.29) is 4.90 Å². The number of carbonyl (C=O) groups is 1. The van der Waals surface area contributed by atoms with Crippen molar-refractivity contribution in [1.82, 2.24) is 0 Å². The standard InChI is InChI=1S/C15H13ClN2O3S/c1-2-22(20,21)14-9-7-13(8-10-14)18-15(19)17-12-5-3-11(16)4-6-12/h2-10H,1H2,(H2,17,18,19). The predicted octanol–water partition coefficient (Wildman–Crippen LogP) is 3.90. The number of hydrogen-bond acceptors (Lipinski definition) is 3. The summed E-state index contributed by atoms with van der Waals surface area (Å²) in [5.41, 5.74) is 1.06. The summed E-state index contributed by atoms with van der Waals surface area (Å²) in [5, 5.41) is 6.68. The molecule has 0 atom stereocenters. The molecule has 0 aliphatic carbocycles. The first-order valence-electron chi connectivity index (χ1n) is 6.22. The van der Waals surface area contributed by atoms with E-state index in [0.29, 0.717) is 16.4 Å². The molecule has 22 heavy (non-hydrogen) atoms. The molecule has 2 rings (SSSR count). The largest absolute Gasteiger partial charge is 0.323 e. The summed E-state index contributed by atoms with van der Waals surface area (Å²) in [5.74, 6) is 0. The summed E-state index contributed by atoms with van der Waals surface area (Å²) in [4.78, 5) is 11.9. The molecule has 0 bridgehead atoms. The fourth-order valence-electron chi connectivity index (χ4n) is 1.65. The van der Waals surface area contributed by atoms with E-state index in [9.17, 15) is 13.2 Å². The van der Waals surface area contributed by atoms with E-state index >= 15 is 0 Å². The SMILES string of the molecule is C=CS(=O)(=O)c1ccc(NC(=O)Nc2ccc(Cl)cc2)cc1. The van der Waals surface area contributed by atoms with Gasteiger partial charge in [-0.25, -0.2) is 13.2 Å². The highest BCUT2D eigenvalue weighted by Gasteiger charge is 2.09. The molecule has 0 aliphatic rings. The Labute approximate surface area is 133 Å². The van der Waals surface area contributed by atoms with Gasteiger partial charge in [-0.3, -0.25) is 0 Å². The second kappa shape index (κ2) is 6.64. The van der Waals surface area contributed by atoms with Crippen LogP contribution in [0, 0.1) is 0 Å². The van der Waals surface area contributed by atoms with Crippen molar-refractivity contribution in [3.05, 3.63) is 65.5 Å². The number of benzene rings is 2. The van der Waals surface area contributed by atoms with Crippen LogP contribution < -0.4 is 10.6 Å². The summed E-state index contributed by atoms with van der Waals surface area (Å²) in [6.07, 6.45) is 0. The highest BCUT2D eigenvalue weighted by molar-refractivity contribution is 7.94. The number of urea groups is 1. The van der Waals surface area contributed by atoms with E-state index in [1.165, 1.54) is 24.3 Å². The molecule has 0 fully saturated rings. The Balaban J connectivity index is 2.03. The number of carbonyl (C=O) groups excluding carboxylic acids is 1. The van der Waals surface area contributed by atoms with Crippen molar-refractivity contribution < 1.29 is 13.2 Å². The van der Waals surface area contributed by atoms with Gasteiger partial charge in [0, 0.05) is 21.8 Å².